The quantitative estimate of drug-likeness (QED) is 0.836. The molecule has 19 heavy (non-hydrogen) atoms. The van der Waals surface area contributed by atoms with Crippen LogP contribution in [0.3, 0.4) is 0 Å². The van der Waals surface area contributed by atoms with Crippen LogP contribution in [-0.2, 0) is 9.53 Å². The van der Waals surface area contributed by atoms with Crippen molar-refractivity contribution in [3.8, 4) is 0 Å². The second-order valence-electron chi connectivity index (χ2n) is 4.29. The van der Waals surface area contributed by atoms with Crippen molar-refractivity contribution in [1.82, 2.24) is 0 Å². The number of carbonyl (C=O) groups excluding carboxylic acids is 1. The Hall–Kier alpha value is -2.20. The lowest BCUT2D eigenvalue weighted by Crippen LogP contribution is -2.14. The summed E-state index contributed by atoms with van der Waals surface area (Å²) in [6.45, 7) is 1.30. The molecule has 0 fully saturated rings. The molecule has 0 aliphatic carbocycles. The highest BCUT2D eigenvalue weighted by Gasteiger charge is 2.11. The summed E-state index contributed by atoms with van der Waals surface area (Å²) in [5.41, 5.74) is 1.66. The first-order valence-corrected chi connectivity index (χ1v) is 5.90. The molecule has 0 radical (unpaired) electrons. The van der Waals surface area contributed by atoms with E-state index >= 15 is 0 Å². The highest BCUT2D eigenvalue weighted by molar-refractivity contribution is 6.09. The van der Waals surface area contributed by atoms with E-state index in [2.05, 4.69) is 0 Å². The zero-order chi connectivity index (χ0) is 13.8. The summed E-state index contributed by atoms with van der Waals surface area (Å²) in [6.07, 6.45) is 0. The molecule has 4 heteroatoms. The normalized spacial score (nSPS) is 10.6. The van der Waals surface area contributed by atoms with Gasteiger partial charge in [0.1, 0.15) is 13.2 Å². The fraction of sp³-hybridized carbons (Fsp3) is 0.200. The van der Waals surface area contributed by atoms with Crippen molar-refractivity contribution < 1.29 is 19.4 Å². The van der Waals surface area contributed by atoms with Crippen molar-refractivity contribution in [2.75, 3.05) is 13.2 Å². The van der Waals surface area contributed by atoms with Gasteiger partial charge < -0.3 is 9.84 Å². The maximum absolute atomic E-state index is 12.0. The van der Waals surface area contributed by atoms with E-state index in [-0.39, 0.29) is 12.4 Å². The molecule has 0 saturated heterocycles. The number of Topliss-reactive ketones (excluding diaryl/α,β-unsaturated/α-hetero) is 1. The smallest absolute Gasteiger partial charge is 0.329 e. The Morgan fingerprint density at radius 2 is 1.74 bits per heavy atom. The summed E-state index contributed by atoms with van der Waals surface area (Å²) < 4.78 is 4.84. The summed E-state index contributed by atoms with van der Waals surface area (Å²) in [5, 5.41) is 10.4. The average Bonchev–Trinajstić information content (AvgIpc) is 2.39. The van der Waals surface area contributed by atoms with Crippen LogP contribution >= 0.6 is 0 Å². The van der Waals surface area contributed by atoms with Crippen LogP contribution in [0.4, 0.5) is 0 Å². The number of carboxylic acid groups (broad SMARTS) is 1. The van der Waals surface area contributed by atoms with Crippen LogP contribution in [0.1, 0.15) is 15.9 Å². The molecule has 2 aromatic carbocycles. The number of carbonyl (C=O) groups is 2. The van der Waals surface area contributed by atoms with Gasteiger partial charge in [0.05, 0.1) is 0 Å². The van der Waals surface area contributed by atoms with Gasteiger partial charge in [0, 0.05) is 5.56 Å². The van der Waals surface area contributed by atoms with Crippen molar-refractivity contribution in [3.05, 3.63) is 47.5 Å². The SMILES string of the molecule is Cc1ccc(C(=O)COCC(=O)O)c2ccccc12. The van der Waals surface area contributed by atoms with E-state index in [1.165, 1.54) is 0 Å². The maximum atomic E-state index is 12.0. The lowest BCUT2D eigenvalue weighted by Gasteiger charge is -2.08. The Morgan fingerprint density at radius 1 is 1.05 bits per heavy atom. The predicted molar refractivity (Wildman–Crippen MR) is 71.5 cm³/mol. The molecule has 0 aliphatic rings. The minimum atomic E-state index is -1.08. The molecule has 0 saturated carbocycles. The number of benzene rings is 2. The monoisotopic (exact) mass is 258 g/mol. The Bertz CT molecular complexity index is 631. The van der Waals surface area contributed by atoms with E-state index in [1.807, 2.05) is 37.3 Å². The molecule has 0 spiro atoms. The molecule has 0 aliphatic heterocycles. The maximum Gasteiger partial charge on any atom is 0.329 e. The summed E-state index contributed by atoms with van der Waals surface area (Å²) in [4.78, 5) is 22.4. The molecular weight excluding hydrogens is 244 g/mol. The van der Waals surface area contributed by atoms with Crippen molar-refractivity contribution in [2.45, 2.75) is 6.92 Å². The van der Waals surface area contributed by atoms with Gasteiger partial charge in [-0.25, -0.2) is 4.79 Å². The molecule has 2 aromatic rings. The molecule has 0 amide bonds. The van der Waals surface area contributed by atoms with E-state index in [0.717, 1.165) is 16.3 Å². The fourth-order valence-corrected chi connectivity index (χ4v) is 2.00. The van der Waals surface area contributed by atoms with E-state index in [4.69, 9.17) is 9.84 Å². The van der Waals surface area contributed by atoms with E-state index in [9.17, 15) is 9.59 Å². The van der Waals surface area contributed by atoms with Crippen LogP contribution in [0, 0.1) is 6.92 Å². The summed E-state index contributed by atoms with van der Waals surface area (Å²) >= 11 is 0. The average molecular weight is 258 g/mol. The number of aryl methyl sites for hydroxylation is 1. The van der Waals surface area contributed by atoms with E-state index < -0.39 is 12.6 Å². The third-order valence-electron chi connectivity index (χ3n) is 2.90. The van der Waals surface area contributed by atoms with Crippen molar-refractivity contribution in [1.29, 1.82) is 0 Å². The van der Waals surface area contributed by atoms with Crippen LogP contribution in [0.5, 0.6) is 0 Å². The molecule has 2 rings (SSSR count). The highest BCUT2D eigenvalue weighted by Crippen LogP contribution is 2.22. The first-order chi connectivity index (χ1) is 9.09. The molecule has 0 aromatic heterocycles. The number of hydrogen-bond acceptors (Lipinski definition) is 3. The first-order valence-electron chi connectivity index (χ1n) is 5.90. The van der Waals surface area contributed by atoms with E-state index in [1.54, 1.807) is 6.07 Å². The molecular formula is C15H14O4. The second kappa shape index (κ2) is 5.63. The highest BCUT2D eigenvalue weighted by atomic mass is 16.5. The standard InChI is InChI=1S/C15H14O4/c1-10-6-7-13(12-5-3-2-4-11(10)12)14(16)8-19-9-15(17)18/h2-7H,8-9H2,1H3,(H,17,18). The molecule has 0 bridgehead atoms. The lowest BCUT2D eigenvalue weighted by atomic mass is 9.98. The van der Waals surface area contributed by atoms with Gasteiger partial charge in [0.15, 0.2) is 5.78 Å². The fourth-order valence-electron chi connectivity index (χ4n) is 2.00. The van der Waals surface area contributed by atoms with Crippen LogP contribution in [0.15, 0.2) is 36.4 Å². The third kappa shape index (κ3) is 2.98. The molecule has 0 atom stereocenters. The Kier molecular flexibility index (Phi) is 3.92. The summed E-state index contributed by atoms with van der Waals surface area (Å²) in [5.74, 6) is -1.29. The molecule has 0 unspecified atom stereocenters. The number of ketones is 1. The Morgan fingerprint density at radius 3 is 2.42 bits per heavy atom. The van der Waals surface area contributed by atoms with Crippen LogP contribution in [0.25, 0.3) is 10.8 Å². The summed E-state index contributed by atoms with van der Waals surface area (Å²) in [7, 11) is 0. The number of fused-ring (bicyclic) bond motifs is 1. The van der Waals surface area contributed by atoms with Crippen molar-refractivity contribution >= 4 is 22.5 Å². The Labute approximate surface area is 110 Å². The largest absolute Gasteiger partial charge is 0.480 e. The number of aliphatic carboxylic acids is 1. The van der Waals surface area contributed by atoms with Gasteiger partial charge >= 0.3 is 5.97 Å². The predicted octanol–water partition coefficient (Wildman–Crippen LogP) is 2.43. The number of hydrogen-bond donors (Lipinski definition) is 1. The Balaban J connectivity index is 2.27. The summed E-state index contributed by atoms with van der Waals surface area (Å²) in [6, 6.07) is 11.3. The van der Waals surface area contributed by atoms with Gasteiger partial charge in [-0.1, -0.05) is 36.4 Å². The molecule has 0 heterocycles. The zero-order valence-corrected chi connectivity index (χ0v) is 10.6. The van der Waals surface area contributed by atoms with Gasteiger partial charge in [0.2, 0.25) is 0 Å². The van der Waals surface area contributed by atoms with E-state index in [0.29, 0.717) is 5.56 Å². The van der Waals surface area contributed by atoms with Crippen LogP contribution < -0.4 is 0 Å². The van der Waals surface area contributed by atoms with Gasteiger partial charge in [-0.2, -0.15) is 0 Å². The van der Waals surface area contributed by atoms with Gasteiger partial charge in [0.25, 0.3) is 0 Å². The number of carboxylic acids is 1. The molecule has 1 N–H and O–H groups in total. The van der Waals surface area contributed by atoms with Gasteiger partial charge in [-0.3, -0.25) is 4.79 Å². The van der Waals surface area contributed by atoms with Crippen LogP contribution in [-0.4, -0.2) is 30.1 Å². The number of ether oxygens (including phenoxy) is 1. The van der Waals surface area contributed by atoms with Gasteiger partial charge in [-0.15, -0.1) is 0 Å². The molecule has 4 nitrogen and oxygen atoms in total. The minimum absolute atomic E-state index is 0.211. The van der Waals surface area contributed by atoms with Gasteiger partial charge in [-0.05, 0) is 23.3 Å². The number of rotatable bonds is 5. The second-order valence-corrected chi connectivity index (χ2v) is 4.29. The van der Waals surface area contributed by atoms with Crippen LogP contribution in [0.2, 0.25) is 0 Å². The minimum Gasteiger partial charge on any atom is -0.480 e. The lowest BCUT2D eigenvalue weighted by molar-refractivity contribution is -0.141. The topological polar surface area (TPSA) is 63.6 Å². The van der Waals surface area contributed by atoms with Crippen molar-refractivity contribution in [2.24, 2.45) is 0 Å². The first kappa shape index (κ1) is 13.2. The third-order valence-corrected chi connectivity index (χ3v) is 2.90. The molecule has 98 valence electrons. The van der Waals surface area contributed by atoms with Crippen molar-refractivity contribution in [3.63, 3.8) is 0 Å². The zero-order valence-electron chi connectivity index (χ0n) is 10.6.